The predicted octanol–water partition coefficient (Wildman–Crippen LogP) is 2.38. The third-order valence-electron chi connectivity index (χ3n) is 2.79. The van der Waals surface area contributed by atoms with Crippen molar-refractivity contribution in [2.75, 3.05) is 5.32 Å². The number of carbonyl (C=O) groups excluding carboxylic acids is 1. The van der Waals surface area contributed by atoms with Crippen LogP contribution in [0.2, 0.25) is 0 Å². The Morgan fingerprint density at radius 2 is 1.95 bits per heavy atom. The summed E-state index contributed by atoms with van der Waals surface area (Å²) in [4.78, 5) is 11.0. The third-order valence-corrected chi connectivity index (χ3v) is 2.79. The second-order valence-electron chi connectivity index (χ2n) is 4.16. The molecule has 0 saturated heterocycles. The minimum atomic E-state index is -0.754. The molecule has 6 heteroatoms. The van der Waals surface area contributed by atoms with Crippen LogP contribution in [0.4, 0.5) is 14.5 Å². The lowest BCUT2D eigenvalue weighted by Gasteiger charge is -2.10. The number of phenolic OH excluding ortho intramolecular Hbond substituents is 1. The minimum Gasteiger partial charge on any atom is -0.505 e. The van der Waals surface area contributed by atoms with Gasteiger partial charge in [0.15, 0.2) is 11.6 Å². The van der Waals surface area contributed by atoms with E-state index in [0.717, 1.165) is 12.1 Å². The molecule has 0 aliphatic carbocycles. The summed E-state index contributed by atoms with van der Waals surface area (Å²) in [6, 6.07) is 7.68. The van der Waals surface area contributed by atoms with Gasteiger partial charge in [0.05, 0.1) is 5.69 Å². The Balaban J connectivity index is 2.20. The van der Waals surface area contributed by atoms with E-state index < -0.39 is 23.3 Å². The van der Waals surface area contributed by atoms with Gasteiger partial charge in [0.2, 0.25) is 5.91 Å². The molecular weight excluding hydrogens is 266 g/mol. The maximum absolute atomic E-state index is 13.6. The van der Waals surface area contributed by atoms with E-state index in [-0.39, 0.29) is 23.4 Å². The molecule has 4 nitrogen and oxygen atoms in total. The number of phenols is 1. The molecule has 0 aromatic heterocycles. The standard InChI is InChI=1S/C14H12F2N2O2/c15-10-5-4-8(14(17)20)6-12(10)18-7-9-2-1-3-11(16)13(9)19/h1-6,18-19H,7H2,(H2,17,20). The number of amides is 1. The summed E-state index contributed by atoms with van der Waals surface area (Å²) in [5.41, 5.74) is 5.57. The van der Waals surface area contributed by atoms with Gasteiger partial charge in [-0.05, 0) is 24.3 Å². The summed E-state index contributed by atoms with van der Waals surface area (Å²) < 4.78 is 26.7. The summed E-state index contributed by atoms with van der Waals surface area (Å²) in [6.45, 7) is 0.00271. The van der Waals surface area contributed by atoms with E-state index in [2.05, 4.69) is 5.32 Å². The number of nitrogens with two attached hydrogens (primary N) is 1. The highest BCUT2D eigenvalue weighted by Gasteiger charge is 2.09. The minimum absolute atomic E-state index is 0.00271. The average Bonchev–Trinajstić information content (AvgIpc) is 2.41. The lowest BCUT2D eigenvalue weighted by molar-refractivity contribution is 0.100. The molecule has 2 aromatic carbocycles. The van der Waals surface area contributed by atoms with E-state index in [1.54, 1.807) is 0 Å². The normalized spacial score (nSPS) is 10.3. The van der Waals surface area contributed by atoms with Crippen LogP contribution in [0.25, 0.3) is 0 Å². The number of primary amides is 1. The predicted molar refractivity (Wildman–Crippen MR) is 70.3 cm³/mol. The Morgan fingerprint density at radius 3 is 2.65 bits per heavy atom. The lowest BCUT2D eigenvalue weighted by atomic mass is 10.1. The highest BCUT2D eigenvalue weighted by atomic mass is 19.1. The van der Waals surface area contributed by atoms with E-state index in [9.17, 15) is 18.7 Å². The molecule has 0 unspecified atom stereocenters. The first-order chi connectivity index (χ1) is 9.49. The van der Waals surface area contributed by atoms with Crippen LogP contribution in [0.5, 0.6) is 5.75 Å². The molecule has 1 amide bonds. The van der Waals surface area contributed by atoms with Crippen LogP contribution in [0.3, 0.4) is 0 Å². The number of para-hydroxylation sites is 1. The molecule has 0 aliphatic rings. The van der Waals surface area contributed by atoms with E-state index in [1.165, 1.54) is 24.3 Å². The second kappa shape index (κ2) is 5.56. The number of halogens is 2. The molecule has 20 heavy (non-hydrogen) atoms. The molecule has 0 spiro atoms. The highest BCUT2D eigenvalue weighted by Crippen LogP contribution is 2.23. The van der Waals surface area contributed by atoms with Crippen molar-refractivity contribution in [2.45, 2.75) is 6.54 Å². The van der Waals surface area contributed by atoms with Crippen LogP contribution in [0, 0.1) is 11.6 Å². The molecule has 0 heterocycles. The molecule has 2 rings (SSSR count). The van der Waals surface area contributed by atoms with E-state index in [0.29, 0.717) is 0 Å². The van der Waals surface area contributed by atoms with Gasteiger partial charge < -0.3 is 16.2 Å². The van der Waals surface area contributed by atoms with Crippen molar-refractivity contribution in [3.8, 4) is 5.75 Å². The molecule has 0 aliphatic heterocycles. The fraction of sp³-hybridized carbons (Fsp3) is 0.0714. The monoisotopic (exact) mass is 278 g/mol. The quantitative estimate of drug-likeness (QED) is 0.803. The van der Waals surface area contributed by atoms with E-state index in [4.69, 9.17) is 5.73 Å². The van der Waals surface area contributed by atoms with Gasteiger partial charge in [-0.3, -0.25) is 4.79 Å². The zero-order valence-electron chi connectivity index (χ0n) is 10.4. The Morgan fingerprint density at radius 1 is 1.20 bits per heavy atom. The largest absolute Gasteiger partial charge is 0.505 e. The number of hydrogen-bond acceptors (Lipinski definition) is 3. The molecule has 4 N–H and O–H groups in total. The third kappa shape index (κ3) is 2.85. The van der Waals surface area contributed by atoms with Gasteiger partial charge in [0.1, 0.15) is 5.82 Å². The Bertz CT molecular complexity index is 660. The highest BCUT2D eigenvalue weighted by molar-refractivity contribution is 5.93. The number of carbonyl (C=O) groups is 1. The van der Waals surface area contributed by atoms with Crippen molar-refractivity contribution in [1.29, 1.82) is 0 Å². The Kier molecular flexibility index (Phi) is 3.84. The van der Waals surface area contributed by atoms with Gasteiger partial charge in [-0.15, -0.1) is 0 Å². The Labute approximate surface area is 113 Å². The zero-order chi connectivity index (χ0) is 14.7. The smallest absolute Gasteiger partial charge is 0.248 e. The molecule has 0 radical (unpaired) electrons. The molecular formula is C14H12F2N2O2. The number of hydrogen-bond donors (Lipinski definition) is 3. The number of aromatic hydroxyl groups is 1. The van der Waals surface area contributed by atoms with Crippen molar-refractivity contribution >= 4 is 11.6 Å². The SMILES string of the molecule is NC(=O)c1ccc(F)c(NCc2cccc(F)c2O)c1. The lowest BCUT2D eigenvalue weighted by Crippen LogP contribution is -2.12. The van der Waals surface area contributed by atoms with E-state index in [1.807, 2.05) is 0 Å². The first kappa shape index (κ1) is 13.8. The Hall–Kier alpha value is -2.63. The van der Waals surface area contributed by atoms with Crippen LogP contribution in [0.15, 0.2) is 36.4 Å². The first-order valence-corrected chi connectivity index (χ1v) is 5.78. The van der Waals surface area contributed by atoms with Crippen molar-refractivity contribution < 1.29 is 18.7 Å². The van der Waals surface area contributed by atoms with Crippen molar-refractivity contribution in [1.82, 2.24) is 0 Å². The molecule has 104 valence electrons. The van der Waals surface area contributed by atoms with Gasteiger partial charge in [0, 0.05) is 17.7 Å². The van der Waals surface area contributed by atoms with E-state index >= 15 is 0 Å². The van der Waals surface area contributed by atoms with Gasteiger partial charge in [0.25, 0.3) is 0 Å². The van der Waals surface area contributed by atoms with Crippen molar-refractivity contribution in [3.63, 3.8) is 0 Å². The zero-order valence-corrected chi connectivity index (χ0v) is 10.4. The molecule has 0 atom stereocenters. The van der Waals surface area contributed by atoms with Crippen LogP contribution >= 0.6 is 0 Å². The number of rotatable bonds is 4. The van der Waals surface area contributed by atoms with Crippen molar-refractivity contribution in [3.05, 3.63) is 59.2 Å². The maximum atomic E-state index is 13.6. The van der Waals surface area contributed by atoms with Crippen LogP contribution in [0.1, 0.15) is 15.9 Å². The van der Waals surface area contributed by atoms with Crippen LogP contribution in [-0.2, 0) is 6.54 Å². The average molecular weight is 278 g/mol. The molecule has 0 bridgehead atoms. The molecule has 0 saturated carbocycles. The molecule has 2 aromatic rings. The van der Waals surface area contributed by atoms with Gasteiger partial charge in [-0.2, -0.15) is 0 Å². The summed E-state index contributed by atoms with van der Waals surface area (Å²) in [5, 5.41) is 12.2. The van der Waals surface area contributed by atoms with Crippen LogP contribution < -0.4 is 11.1 Å². The first-order valence-electron chi connectivity index (χ1n) is 5.78. The van der Waals surface area contributed by atoms with Gasteiger partial charge in [-0.1, -0.05) is 12.1 Å². The van der Waals surface area contributed by atoms with Gasteiger partial charge in [-0.25, -0.2) is 8.78 Å². The van der Waals surface area contributed by atoms with Crippen molar-refractivity contribution in [2.24, 2.45) is 5.73 Å². The van der Waals surface area contributed by atoms with Crippen LogP contribution in [-0.4, -0.2) is 11.0 Å². The topological polar surface area (TPSA) is 75.4 Å². The number of benzene rings is 2. The number of anilines is 1. The molecule has 0 fully saturated rings. The fourth-order valence-electron chi connectivity index (χ4n) is 1.71. The second-order valence-corrected chi connectivity index (χ2v) is 4.16. The summed E-state index contributed by atoms with van der Waals surface area (Å²) in [5.74, 6) is -2.50. The summed E-state index contributed by atoms with van der Waals surface area (Å²) in [6.07, 6.45) is 0. The maximum Gasteiger partial charge on any atom is 0.248 e. The number of nitrogens with one attached hydrogen (secondary N) is 1. The fourth-order valence-corrected chi connectivity index (χ4v) is 1.71. The van der Waals surface area contributed by atoms with Gasteiger partial charge >= 0.3 is 0 Å². The summed E-state index contributed by atoms with van der Waals surface area (Å²) >= 11 is 0. The summed E-state index contributed by atoms with van der Waals surface area (Å²) in [7, 11) is 0.